The first-order valence-electron chi connectivity index (χ1n) is 18.2. The maximum Gasteiger partial charge on any atom is 0.163 e. The molecule has 0 radical (unpaired) electrons. The molecular formula is C35H69NO15. The molecule has 3 aliphatic heterocycles. The van der Waals surface area contributed by atoms with E-state index in [0.717, 1.165) is 0 Å². The molecule has 0 aromatic rings. The van der Waals surface area contributed by atoms with Crippen LogP contribution >= 0.6 is 0 Å². The molecule has 3 rings (SSSR count). The van der Waals surface area contributed by atoms with Gasteiger partial charge in [-0.25, -0.2) is 0 Å². The van der Waals surface area contributed by atoms with Gasteiger partial charge in [-0.05, 0) is 38.5 Å². The molecule has 6 unspecified atom stereocenters. The summed E-state index contributed by atoms with van der Waals surface area (Å²) in [5.41, 5.74) is -0.419. The Morgan fingerprint density at radius 3 is 1.04 bits per heavy atom. The van der Waals surface area contributed by atoms with Crippen LogP contribution in [0.1, 0.15) is 80.6 Å². The lowest BCUT2D eigenvalue weighted by molar-refractivity contribution is -0.283. The van der Waals surface area contributed by atoms with Crippen LogP contribution in [0.15, 0.2) is 0 Å². The van der Waals surface area contributed by atoms with Gasteiger partial charge in [0.25, 0.3) is 0 Å². The number of hydrogen-bond acceptors (Lipinski definition) is 16. The lowest BCUT2D eigenvalue weighted by Gasteiger charge is -2.42. The number of hydrogen-bond donors (Lipinski definition) is 10. The largest absolute Gasteiger partial charge is 0.394 e. The third-order valence-electron chi connectivity index (χ3n) is 10.4. The second-order valence-corrected chi connectivity index (χ2v) is 14.7. The summed E-state index contributed by atoms with van der Waals surface area (Å²) in [6, 6.07) is 0.105. The van der Waals surface area contributed by atoms with Crippen molar-refractivity contribution in [2.75, 3.05) is 39.6 Å². The Kier molecular flexibility index (Phi) is 20.1. The van der Waals surface area contributed by atoms with E-state index in [1.807, 2.05) is 0 Å². The molecule has 0 amide bonds. The molecule has 0 spiro atoms. The molecule has 0 aromatic carbocycles. The molecule has 15 atom stereocenters. The first-order valence-corrected chi connectivity index (χ1v) is 18.2. The predicted octanol–water partition coefficient (Wildman–Crippen LogP) is -1.02. The molecule has 51 heavy (non-hydrogen) atoms. The van der Waals surface area contributed by atoms with E-state index in [2.05, 4.69) is 19.2 Å². The Morgan fingerprint density at radius 2 is 0.804 bits per heavy atom. The lowest BCUT2D eigenvalue weighted by Crippen LogP contribution is -2.55. The standard InChI is InChI=1S/C34H65NO15.CH4/c1-18(2)35-34(9-6-12-45-31-19(3)25(39)28(42)22(15-36)48-31,10-7-13-46-32-20(4)26(40)29(43)23(16-37)49-32)11-8-14-47-33-21(5)27(41)30(44)24(17-38)50-33;/h18-33,35-44H,6-17H2,1-5H3;1H4/t19?,20?,21?,22?,23?,24?,25-,26-,27-,28+,29+,30+,31-,32-,33-,34?;/m1./s1. The third kappa shape index (κ3) is 12.4. The topological polar surface area (TPSA) is 249 Å². The van der Waals surface area contributed by atoms with Crippen LogP contribution in [0.25, 0.3) is 0 Å². The van der Waals surface area contributed by atoms with Gasteiger partial charge in [0, 0.05) is 49.2 Å². The van der Waals surface area contributed by atoms with E-state index >= 15 is 0 Å². The molecule has 0 saturated carbocycles. The van der Waals surface area contributed by atoms with Crippen LogP contribution in [-0.2, 0) is 28.4 Å². The van der Waals surface area contributed by atoms with Gasteiger partial charge in [-0.2, -0.15) is 0 Å². The van der Waals surface area contributed by atoms with Crippen LogP contribution in [0.2, 0.25) is 0 Å². The summed E-state index contributed by atoms with van der Waals surface area (Å²) in [6.07, 6.45) is -8.38. The van der Waals surface area contributed by atoms with E-state index < -0.39 is 117 Å². The number of aliphatic hydroxyl groups excluding tert-OH is 9. The molecule has 3 heterocycles. The van der Waals surface area contributed by atoms with Crippen LogP contribution in [-0.4, -0.2) is 171 Å². The average molecular weight is 744 g/mol. The van der Waals surface area contributed by atoms with Crippen molar-refractivity contribution in [1.82, 2.24) is 5.32 Å². The minimum atomic E-state index is -1.21. The summed E-state index contributed by atoms with van der Waals surface area (Å²) >= 11 is 0. The van der Waals surface area contributed by atoms with Crippen molar-refractivity contribution in [2.24, 2.45) is 17.8 Å². The number of ether oxygens (including phenoxy) is 6. The van der Waals surface area contributed by atoms with Crippen LogP contribution in [0.5, 0.6) is 0 Å². The summed E-state index contributed by atoms with van der Waals surface area (Å²) < 4.78 is 35.2. The maximum absolute atomic E-state index is 10.4. The van der Waals surface area contributed by atoms with Gasteiger partial charge in [0.2, 0.25) is 0 Å². The average Bonchev–Trinajstić information content (AvgIpc) is 3.09. The molecule has 3 aliphatic rings. The molecule has 0 aliphatic carbocycles. The van der Waals surface area contributed by atoms with Crippen LogP contribution < -0.4 is 5.32 Å². The third-order valence-corrected chi connectivity index (χ3v) is 10.4. The normalized spacial score (nSPS) is 40.2. The number of nitrogens with one attached hydrogen (secondary N) is 1. The Balaban J connectivity index is 0.00000901. The molecular weight excluding hydrogens is 674 g/mol. The second-order valence-electron chi connectivity index (χ2n) is 14.7. The zero-order valence-corrected chi connectivity index (χ0v) is 30.2. The van der Waals surface area contributed by atoms with E-state index in [4.69, 9.17) is 28.4 Å². The minimum Gasteiger partial charge on any atom is -0.394 e. The zero-order valence-electron chi connectivity index (χ0n) is 30.2. The van der Waals surface area contributed by atoms with E-state index in [0.29, 0.717) is 38.5 Å². The zero-order chi connectivity index (χ0) is 37.2. The maximum atomic E-state index is 10.4. The highest BCUT2D eigenvalue weighted by atomic mass is 16.7. The summed E-state index contributed by atoms with van der Waals surface area (Å²) in [4.78, 5) is 0. The quantitative estimate of drug-likeness (QED) is 0.0670. The summed E-state index contributed by atoms with van der Waals surface area (Å²) in [5, 5.41) is 94.3. The Morgan fingerprint density at radius 1 is 0.529 bits per heavy atom. The second kappa shape index (κ2) is 22.0. The number of rotatable bonds is 20. The van der Waals surface area contributed by atoms with Gasteiger partial charge in [0.15, 0.2) is 18.9 Å². The van der Waals surface area contributed by atoms with Gasteiger partial charge in [-0.15, -0.1) is 0 Å². The van der Waals surface area contributed by atoms with Crippen molar-refractivity contribution in [3.63, 3.8) is 0 Å². The Hall–Kier alpha value is -0.640. The molecule has 0 aromatic heterocycles. The molecule has 3 saturated heterocycles. The molecule has 16 nitrogen and oxygen atoms in total. The fourth-order valence-electron chi connectivity index (χ4n) is 7.27. The van der Waals surface area contributed by atoms with Crippen LogP contribution in [0, 0.1) is 17.8 Å². The minimum absolute atomic E-state index is 0. The number of aliphatic hydroxyl groups is 9. The van der Waals surface area contributed by atoms with E-state index in [9.17, 15) is 46.0 Å². The summed E-state index contributed by atoms with van der Waals surface area (Å²) in [7, 11) is 0. The van der Waals surface area contributed by atoms with E-state index in [1.54, 1.807) is 20.8 Å². The van der Waals surface area contributed by atoms with Crippen molar-refractivity contribution in [1.29, 1.82) is 0 Å². The van der Waals surface area contributed by atoms with E-state index in [-0.39, 0.29) is 33.3 Å². The molecule has 3 fully saturated rings. The van der Waals surface area contributed by atoms with Gasteiger partial charge in [0.05, 0.1) is 38.1 Å². The van der Waals surface area contributed by atoms with Gasteiger partial charge < -0.3 is 79.7 Å². The monoisotopic (exact) mass is 743 g/mol. The van der Waals surface area contributed by atoms with Crippen LogP contribution in [0.3, 0.4) is 0 Å². The highest BCUT2D eigenvalue weighted by Crippen LogP contribution is 2.32. The van der Waals surface area contributed by atoms with E-state index in [1.165, 1.54) is 0 Å². The van der Waals surface area contributed by atoms with Gasteiger partial charge in [0.1, 0.15) is 36.6 Å². The fraction of sp³-hybridized carbons (Fsp3) is 1.00. The molecule has 0 bridgehead atoms. The first-order chi connectivity index (χ1) is 23.7. The van der Waals surface area contributed by atoms with Gasteiger partial charge in [-0.3, -0.25) is 0 Å². The van der Waals surface area contributed by atoms with Gasteiger partial charge >= 0.3 is 0 Å². The Labute approximate surface area is 303 Å². The highest BCUT2D eigenvalue weighted by Gasteiger charge is 2.45. The van der Waals surface area contributed by atoms with Crippen molar-refractivity contribution in [2.45, 2.75) is 166 Å². The molecule has 10 N–H and O–H groups in total. The molecule has 16 heteroatoms. The summed E-state index contributed by atoms with van der Waals surface area (Å²) in [5.74, 6) is -1.53. The lowest BCUT2D eigenvalue weighted by atomic mass is 9.83. The van der Waals surface area contributed by atoms with Crippen molar-refractivity contribution in [3.8, 4) is 0 Å². The highest BCUT2D eigenvalue weighted by molar-refractivity contribution is 4.92. The van der Waals surface area contributed by atoms with Crippen LogP contribution in [0.4, 0.5) is 0 Å². The van der Waals surface area contributed by atoms with Crippen molar-refractivity contribution < 1.29 is 74.4 Å². The fourth-order valence-corrected chi connectivity index (χ4v) is 7.27. The molecule has 304 valence electrons. The smallest absolute Gasteiger partial charge is 0.163 e. The Bertz CT molecular complexity index is 838. The van der Waals surface area contributed by atoms with Crippen molar-refractivity contribution >= 4 is 0 Å². The predicted molar refractivity (Wildman–Crippen MR) is 184 cm³/mol. The van der Waals surface area contributed by atoms with Gasteiger partial charge in [-0.1, -0.05) is 42.0 Å². The summed E-state index contributed by atoms with van der Waals surface area (Å²) in [6.45, 7) is 8.77. The SMILES string of the molecule is C.CC(C)NC(CCCO[C@@H]1OC(CO)[C@H](O)[C@H](O)C1C)(CCCO[C@@H]1OC(CO)[C@H](O)[C@H](O)C1C)CCCO[C@@H]1OC(CO)[C@H](O)[C@H](O)C1C. The van der Waals surface area contributed by atoms with Crippen molar-refractivity contribution in [3.05, 3.63) is 0 Å². The first kappa shape index (κ1) is 46.5.